The second kappa shape index (κ2) is 14.5. The van der Waals surface area contributed by atoms with Gasteiger partial charge in [0, 0.05) is 17.8 Å². The molecule has 0 aliphatic heterocycles. The van der Waals surface area contributed by atoms with E-state index in [2.05, 4.69) is 72.3 Å². The molecule has 176 valence electrons. The van der Waals surface area contributed by atoms with Gasteiger partial charge >= 0.3 is 0 Å². The van der Waals surface area contributed by atoms with Gasteiger partial charge in [-0.25, -0.2) is 4.98 Å². The summed E-state index contributed by atoms with van der Waals surface area (Å²) in [5, 5.41) is 0. The Bertz CT molecular complexity index is 919. The van der Waals surface area contributed by atoms with Crippen molar-refractivity contribution in [2.24, 2.45) is 0 Å². The van der Waals surface area contributed by atoms with Crippen molar-refractivity contribution in [3.63, 3.8) is 0 Å². The van der Waals surface area contributed by atoms with Gasteiger partial charge in [0.2, 0.25) is 5.88 Å². The van der Waals surface area contributed by atoms with Gasteiger partial charge in [-0.15, -0.1) is 0 Å². The SMILES string of the molecule is CCCCCCCCCCCc1ccc(-c2ccc(-c3nccc(OCCC)n3)cc2)cc1. The van der Waals surface area contributed by atoms with Crippen LogP contribution >= 0.6 is 0 Å². The largest absolute Gasteiger partial charge is 0.478 e. The highest BCUT2D eigenvalue weighted by molar-refractivity contribution is 5.68. The molecule has 0 bridgehead atoms. The summed E-state index contributed by atoms with van der Waals surface area (Å²) in [4.78, 5) is 8.93. The number of rotatable bonds is 15. The second-order valence-corrected chi connectivity index (χ2v) is 8.92. The van der Waals surface area contributed by atoms with Crippen molar-refractivity contribution < 1.29 is 4.74 Å². The monoisotopic (exact) mass is 444 g/mol. The Kier molecular flexibility index (Phi) is 10.9. The number of aromatic nitrogens is 2. The average Bonchev–Trinajstić information content (AvgIpc) is 2.87. The number of unbranched alkanes of at least 4 members (excludes halogenated alkanes) is 8. The van der Waals surface area contributed by atoms with E-state index >= 15 is 0 Å². The fourth-order valence-corrected chi connectivity index (χ4v) is 4.08. The Labute approximate surface area is 200 Å². The van der Waals surface area contributed by atoms with Crippen LogP contribution in [0.1, 0.15) is 83.6 Å². The lowest BCUT2D eigenvalue weighted by atomic mass is 10.00. The maximum atomic E-state index is 5.64. The van der Waals surface area contributed by atoms with Crippen LogP contribution in [0.15, 0.2) is 60.8 Å². The number of hydrogen-bond donors (Lipinski definition) is 0. The molecule has 0 unspecified atom stereocenters. The van der Waals surface area contributed by atoms with Crippen LogP contribution in [0.25, 0.3) is 22.5 Å². The molecule has 0 saturated carbocycles. The van der Waals surface area contributed by atoms with Gasteiger partial charge in [-0.3, -0.25) is 0 Å². The van der Waals surface area contributed by atoms with Crippen LogP contribution < -0.4 is 4.74 Å². The Morgan fingerprint density at radius 3 is 1.82 bits per heavy atom. The van der Waals surface area contributed by atoms with Crippen molar-refractivity contribution in [1.29, 1.82) is 0 Å². The topological polar surface area (TPSA) is 35.0 Å². The van der Waals surface area contributed by atoms with Crippen molar-refractivity contribution >= 4 is 0 Å². The normalized spacial score (nSPS) is 11.0. The summed E-state index contributed by atoms with van der Waals surface area (Å²) < 4.78 is 5.64. The molecule has 3 rings (SSSR count). The molecule has 1 aromatic heterocycles. The van der Waals surface area contributed by atoms with E-state index in [1.807, 2.05) is 6.07 Å². The van der Waals surface area contributed by atoms with Gasteiger partial charge in [0.15, 0.2) is 5.82 Å². The molecule has 0 fully saturated rings. The molecule has 0 radical (unpaired) electrons. The van der Waals surface area contributed by atoms with Crippen LogP contribution in [0, 0.1) is 0 Å². The highest BCUT2D eigenvalue weighted by Gasteiger charge is 2.05. The quantitative estimate of drug-likeness (QED) is 0.220. The molecule has 0 aliphatic rings. The lowest BCUT2D eigenvalue weighted by molar-refractivity contribution is 0.305. The summed E-state index contributed by atoms with van der Waals surface area (Å²) >= 11 is 0. The van der Waals surface area contributed by atoms with E-state index < -0.39 is 0 Å². The number of aryl methyl sites for hydroxylation is 1. The number of ether oxygens (including phenoxy) is 1. The standard InChI is InChI=1S/C30H40N2O/c1-3-5-6-7-8-9-10-11-12-13-25-14-16-26(17-15-25)27-18-20-28(21-19-27)30-31-23-22-29(32-30)33-24-4-2/h14-23H,3-13,24H2,1-2H3. The first-order valence-electron chi connectivity index (χ1n) is 13.0. The second-order valence-electron chi connectivity index (χ2n) is 8.92. The van der Waals surface area contributed by atoms with Gasteiger partial charge in [-0.05, 0) is 36.0 Å². The molecule has 3 aromatic rings. The molecule has 0 aliphatic carbocycles. The third-order valence-corrected chi connectivity index (χ3v) is 6.08. The van der Waals surface area contributed by atoms with E-state index in [1.165, 1.54) is 80.9 Å². The number of nitrogens with zero attached hydrogens (tertiary/aromatic N) is 2. The first-order chi connectivity index (χ1) is 16.3. The molecule has 0 saturated heterocycles. The van der Waals surface area contributed by atoms with E-state index in [9.17, 15) is 0 Å². The molecule has 0 amide bonds. The highest BCUT2D eigenvalue weighted by Crippen LogP contribution is 2.24. The van der Waals surface area contributed by atoms with Crippen LogP contribution in [0.3, 0.4) is 0 Å². The zero-order valence-corrected chi connectivity index (χ0v) is 20.6. The molecular weight excluding hydrogens is 404 g/mol. The first-order valence-corrected chi connectivity index (χ1v) is 13.0. The minimum atomic E-state index is 0.633. The van der Waals surface area contributed by atoms with Gasteiger partial charge in [0.05, 0.1) is 6.61 Å². The zero-order valence-electron chi connectivity index (χ0n) is 20.6. The van der Waals surface area contributed by atoms with Crippen molar-refractivity contribution in [2.75, 3.05) is 6.61 Å². The van der Waals surface area contributed by atoms with Gasteiger partial charge in [-0.2, -0.15) is 4.98 Å². The maximum Gasteiger partial charge on any atom is 0.216 e. The Balaban J connectivity index is 1.45. The van der Waals surface area contributed by atoms with Crippen molar-refractivity contribution in [2.45, 2.75) is 84.5 Å². The molecule has 3 heteroatoms. The highest BCUT2D eigenvalue weighted by atomic mass is 16.5. The van der Waals surface area contributed by atoms with Gasteiger partial charge < -0.3 is 4.74 Å². The van der Waals surface area contributed by atoms with E-state index in [0.717, 1.165) is 12.0 Å². The average molecular weight is 445 g/mol. The summed E-state index contributed by atoms with van der Waals surface area (Å²) in [7, 11) is 0. The Morgan fingerprint density at radius 1 is 0.606 bits per heavy atom. The van der Waals surface area contributed by atoms with Crippen molar-refractivity contribution in [3.8, 4) is 28.4 Å². The summed E-state index contributed by atoms with van der Waals surface area (Å²) in [6.07, 6.45) is 16.3. The zero-order chi connectivity index (χ0) is 23.1. The van der Waals surface area contributed by atoms with Crippen LogP contribution in [0.2, 0.25) is 0 Å². The lowest BCUT2D eigenvalue weighted by Crippen LogP contribution is -1.99. The molecule has 0 N–H and O–H groups in total. The van der Waals surface area contributed by atoms with Crippen LogP contribution in [-0.2, 0) is 6.42 Å². The molecule has 2 aromatic carbocycles. The van der Waals surface area contributed by atoms with E-state index in [0.29, 0.717) is 18.3 Å². The van der Waals surface area contributed by atoms with Crippen molar-refractivity contribution in [3.05, 3.63) is 66.4 Å². The van der Waals surface area contributed by atoms with Crippen LogP contribution in [-0.4, -0.2) is 16.6 Å². The van der Waals surface area contributed by atoms with Gasteiger partial charge in [0.25, 0.3) is 0 Å². The fourth-order valence-electron chi connectivity index (χ4n) is 4.08. The number of hydrogen-bond acceptors (Lipinski definition) is 3. The molecule has 0 spiro atoms. The maximum absolute atomic E-state index is 5.64. The molecule has 3 nitrogen and oxygen atoms in total. The summed E-state index contributed by atoms with van der Waals surface area (Å²) in [5.74, 6) is 1.33. The molecule has 1 heterocycles. The summed E-state index contributed by atoms with van der Waals surface area (Å²) in [5.41, 5.74) is 4.91. The summed E-state index contributed by atoms with van der Waals surface area (Å²) in [6, 6.07) is 19.3. The summed E-state index contributed by atoms with van der Waals surface area (Å²) in [6.45, 7) is 5.04. The van der Waals surface area contributed by atoms with Crippen LogP contribution in [0.4, 0.5) is 0 Å². The third-order valence-electron chi connectivity index (χ3n) is 6.08. The van der Waals surface area contributed by atoms with Crippen molar-refractivity contribution in [1.82, 2.24) is 9.97 Å². The van der Waals surface area contributed by atoms with Gasteiger partial charge in [0.1, 0.15) is 0 Å². The Morgan fingerprint density at radius 2 is 1.18 bits per heavy atom. The molecular formula is C30H40N2O. The number of benzene rings is 2. The van der Waals surface area contributed by atoms with E-state index in [1.54, 1.807) is 6.20 Å². The van der Waals surface area contributed by atoms with Crippen LogP contribution in [0.5, 0.6) is 5.88 Å². The first kappa shape index (κ1) is 25.0. The van der Waals surface area contributed by atoms with E-state index in [4.69, 9.17) is 4.74 Å². The predicted octanol–water partition coefficient (Wildman–Crippen LogP) is 8.67. The Hall–Kier alpha value is -2.68. The van der Waals surface area contributed by atoms with E-state index in [-0.39, 0.29) is 0 Å². The minimum Gasteiger partial charge on any atom is -0.478 e. The molecule has 33 heavy (non-hydrogen) atoms. The fraction of sp³-hybridized carbons (Fsp3) is 0.467. The molecule has 0 atom stereocenters. The smallest absolute Gasteiger partial charge is 0.216 e. The van der Waals surface area contributed by atoms with Gasteiger partial charge in [-0.1, -0.05) is 114 Å². The minimum absolute atomic E-state index is 0.633. The third kappa shape index (κ3) is 8.64. The lowest BCUT2D eigenvalue weighted by Gasteiger charge is -2.07. The predicted molar refractivity (Wildman–Crippen MR) is 140 cm³/mol.